The Morgan fingerprint density at radius 1 is 1.37 bits per heavy atom. The van der Waals surface area contributed by atoms with Crippen LogP contribution in [0.5, 0.6) is 0 Å². The molecule has 1 aliphatic heterocycles. The van der Waals surface area contributed by atoms with Gasteiger partial charge in [-0.15, -0.1) is 0 Å². The number of amides is 1. The monoisotopic (exact) mass is 258 g/mol. The quantitative estimate of drug-likeness (QED) is 0.466. The molecule has 0 spiro atoms. The van der Waals surface area contributed by atoms with E-state index in [0.29, 0.717) is 19.5 Å². The van der Waals surface area contributed by atoms with E-state index in [1.165, 1.54) is 5.56 Å². The van der Waals surface area contributed by atoms with Crippen LogP contribution in [0.25, 0.3) is 10.4 Å². The van der Waals surface area contributed by atoms with Gasteiger partial charge in [0.25, 0.3) is 0 Å². The van der Waals surface area contributed by atoms with Gasteiger partial charge in [0, 0.05) is 30.1 Å². The Balaban J connectivity index is 2.28. The summed E-state index contributed by atoms with van der Waals surface area (Å²) in [4.78, 5) is 16.7. The van der Waals surface area contributed by atoms with Crippen molar-refractivity contribution in [1.29, 1.82) is 0 Å². The number of hydrogen-bond acceptors (Lipinski definition) is 2. The molecular weight excluding hydrogens is 240 g/mol. The molecule has 1 fully saturated rings. The Labute approximate surface area is 112 Å². The fraction of sp³-hybridized carbons (Fsp3) is 0.500. The van der Waals surface area contributed by atoms with E-state index in [9.17, 15) is 4.79 Å². The minimum atomic E-state index is 0.119. The third-order valence-corrected chi connectivity index (χ3v) is 3.51. The molecule has 5 heteroatoms. The second-order valence-electron chi connectivity index (χ2n) is 5.24. The summed E-state index contributed by atoms with van der Waals surface area (Å²) in [6.07, 6.45) is 0.464. The molecule has 1 amide bonds. The van der Waals surface area contributed by atoms with Crippen molar-refractivity contribution in [1.82, 2.24) is 0 Å². The van der Waals surface area contributed by atoms with Gasteiger partial charge in [0.1, 0.15) is 0 Å². The molecule has 19 heavy (non-hydrogen) atoms. The van der Waals surface area contributed by atoms with E-state index >= 15 is 0 Å². The summed E-state index contributed by atoms with van der Waals surface area (Å²) >= 11 is 0. The lowest BCUT2D eigenvalue weighted by Gasteiger charge is -2.22. The zero-order valence-corrected chi connectivity index (χ0v) is 11.6. The molecule has 1 atom stereocenters. The zero-order chi connectivity index (χ0) is 14.0. The fourth-order valence-corrected chi connectivity index (χ4v) is 2.87. The predicted octanol–water partition coefficient (Wildman–Crippen LogP) is 3.28. The normalized spacial score (nSPS) is 18.6. The maximum atomic E-state index is 12.1. The number of aryl methyl sites for hydroxylation is 3. The van der Waals surface area contributed by atoms with Crippen LogP contribution in [0.2, 0.25) is 0 Å². The number of carbonyl (C=O) groups is 1. The van der Waals surface area contributed by atoms with Crippen molar-refractivity contribution in [2.75, 3.05) is 18.0 Å². The van der Waals surface area contributed by atoms with Gasteiger partial charge in [0.05, 0.1) is 0 Å². The minimum Gasteiger partial charge on any atom is -0.312 e. The lowest BCUT2D eigenvalue weighted by Crippen LogP contribution is -2.26. The average Bonchev–Trinajstić information content (AvgIpc) is 2.67. The fourth-order valence-electron chi connectivity index (χ4n) is 2.87. The van der Waals surface area contributed by atoms with Gasteiger partial charge in [-0.3, -0.25) is 4.79 Å². The van der Waals surface area contributed by atoms with Gasteiger partial charge in [-0.1, -0.05) is 22.8 Å². The highest BCUT2D eigenvalue weighted by atomic mass is 16.2. The number of hydrogen-bond donors (Lipinski definition) is 0. The third kappa shape index (κ3) is 2.71. The maximum absolute atomic E-state index is 12.1. The molecule has 1 heterocycles. The molecule has 1 aromatic rings. The summed E-state index contributed by atoms with van der Waals surface area (Å²) < 4.78 is 0. The molecule has 0 aromatic heterocycles. The smallest absolute Gasteiger partial charge is 0.227 e. The van der Waals surface area contributed by atoms with Gasteiger partial charge in [-0.2, -0.15) is 0 Å². The molecule has 1 unspecified atom stereocenters. The molecule has 0 radical (unpaired) electrons. The number of nitrogens with zero attached hydrogens (tertiary/aromatic N) is 4. The van der Waals surface area contributed by atoms with Crippen LogP contribution in [0, 0.1) is 26.7 Å². The van der Waals surface area contributed by atoms with Crippen molar-refractivity contribution < 1.29 is 4.79 Å². The van der Waals surface area contributed by atoms with Gasteiger partial charge in [-0.25, -0.2) is 0 Å². The molecule has 5 nitrogen and oxygen atoms in total. The second kappa shape index (κ2) is 5.33. The standard InChI is InChI=1S/C14H18N4O/c1-9-4-10(2)14(11(3)5-9)18-8-12(6-13(18)19)7-16-17-15/h4-5,12H,6-8H2,1-3H3. The first-order valence-electron chi connectivity index (χ1n) is 6.42. The number of anilines is 1. The Morgan fingerprint density at radius 3 is 2.58 bits per heavy atom. The Bertz CT molecular complexity index is 538. The molecule has 0 aliphatic carbocycles. The number of benzene rings is 1. The van der Waals surface area contributed by atoms with Gasteiger partial charge < -0.3 is 4.90 Å². The average molecular weight is 258 g/mol. The van der Waals surface area contributed by atoms with E-state index in [-0.39, 0.29) is 11.8 Å². The molecule has 2 rings (SSSR count). The van der Waals surface area contributed by atoms with Crippen molar-refractivity contribution in [2.24, 2.45) is 11.0 Å². The first-order chi connectivity index (χ1) is 9.02. The van der Waals surface area contributed by atoms with Gasteiger partial charge in [-0.05, 0) is 43.3 Å². The summed E-state index contributed by atoms with van der Waals surface area (Å²) in [7, 11) is 0. The molecular formula is C14H18N4O. The highest BCUT2D eigenvalue weighted by Gasteiger charge is 2.31. The summed E-state index contributed by atoms with van der Waals surface area (Å²) in [5.41, 5.74) is 12.8. The van der Waals surface area contributed by atoms with E-state index < -0.39 is 0 Å². The van der Waals surface area contributed by atoms with Crippen molar-refractivity contribution in [3.63, 3.8) is 0 Å². The van der Waals surface area contributed by atoms with Gasteiger partial charge >= 0.3 is 0 Å². The second-order valence-corrected chi connectivity index (χ2v) is 5.24. The molecule has 0 bridgehead atoms. The Hall–Kier alpha value is -2.00. The van der Waals surface area contributed by atoms with E-state index in [1.807, 2.05) is 18.7 Å². The zero-order valence-electron chi connectivity index (χ0n) is 11.6. The molecule has 100 valence electrons. The van der Waals surface area contributed by atoms with E-state index in [1.54, 1.807) is 0 Å². The van der Waals surface area contributed by atoms with E-state index in [4.69, 9.17) is 5.53 Å². The molecule has 0 saturated carbocycles. The third-order valence-electron chi connectivity index (χ3n) is 3.51. The van der Waals surface area contributed by atoms with Crippen LogP contribution in [0.1, 0.15) is 23.1 Å². The Kier molecular flexibility index (Phi) is 3.76. The first-order valence-corrected chi connectivity index (χ1v) is 6.42. The highest BCUT2D eigenvalue weighted by Crippen LogP contribution is 2.31. The van der Waals surface area contributed by atoms with Crippen molar-refractivity contribution in [3.05, 3.63) is 39.3 Å². The SMILES string of the molecule is Cc1cc(C)c(N2CC(CN=[N+]=[N-])CC2=O)c(C)c1. The predicted molar refractivity (Wildman–Crippen MR) is 75.1 cm³/mol. The van der Waals surface area contributed by atoms with Crippen LogP contribution in [0.15, 0.2) is 17.2 Å². The van der Waals surface area contributed by atoms with Crippen LogP contribution in [-0.2, 0) is 4.79 Å². The topological polar surface area (TPSA) is 69.1 Å². The number of azide groups is 1. The van der Waals surface area contributed by atoms with Crippen LogP contribution in [0.4, 0.5) is 5.69 Å². The van der Waals surface area contributed by atoms with Crippen molar-refractivity contribution >= 4 is 11.6 Å². The lowest BCUT2D eigenvalue weighted by atomic mass is 10.0. The van der Waals surface area contributed by atoms with Gasteiger partial charge in [0.15, 0.2) is 0 Å². The summed E-state index contributed by atoms with van der Waals surface area (Å²) in [6.45, 7) is 7.15. The summed E-state index contributed by atoms with van der Waals surface area (Å²) in [6, 6.07) is 4.19. The summed E-state index contributed by atoms with van der Waals surface area (Å²) in [5.74, 6) is 0.247. The first kappa shape index (κ1) is 13.4. The molecule has 1 aliphatic rings. The van der Waals surface area contributed by atoms with E-state index in [0.717, 1.165) is 16.8 Å². The number of carbonyl (C=O) groups excluding carboxylic acids is 1. The Morgan fingerprint density at radius 2 is 2.00 bits per heavy atom. The van der Waals surface area contributed by atoms with E-state index in [2.05, 4.69) is 29.1 Å². The molecule has 1 saturated heterocycles. The molecule has 1 aromatic carbocycles. The van der Waals surface area contributed by atoms with Crippen molar-refractivity contribution in [2.45, 2.75) is 27.2 Å². The minimum absolute atomic E-state index is 0.119. The molecule has 0 N–H and O–H groups in total. The van der Waals surface area contributed by atoms with Crippen LogP contribution < -0.4 is 4.90 Å². The van der Waals surface area contributed by atoms with Gasteiger partial charge in [0.2, 0.25) is 5.91 Å². The van der Waals surface area contributed by atoms with Crippen LogP contribution in [-0.4, -0.2) is 19.0 Å². The van der Waals surface area contributed by atoms with Crippen molar-refractivity contribution in [3.8, 4) is 0 Å². The van der Waals surface area contributed by atoms with Crippen LogP contribution >= 0.6 is 0 Å². The lowest BCUT2D eigenvalue weighted by molar-refractivity contribution is -0.117. The summed E-state index contributed by atoms with van der Waals surface area (Å²) in [5, 5.41) is 3.58. The highest BCUT2D eigenvalue weighted by molar-refractivity contribution is 5.97. The van der Waals surface area contributed by atoms with Crippen LogP contribution in [0.3, 0.4) is 0 Å². The number of rotatable bonds is 3. The largest absolute Gasteiger partial charge is 0.312 e. The maximum Gasteiger partial charge on any atom is 0.227 e.